The Hall–Kier alpha value is -2.05. The molecule has 2 heterocycles. The largest absolute Gasteiger partial charge is 0.440 e. The highest BCUT2D eigenvalue weighted by Crippen LogP contribution is 2.36. The standard InChI is InChI=1S/C13H18F6N6O/c1-2-3-21-9-22-10(25-6-4-20-5-7-25)24-11(23-9)26-8(12(14,15)16)13(17,18)19/h8,20H,2-7H2,1H3,(H,21,22,23,24)/p+1. The smallest absolute Gasteiger partial charge is 0.434 e. The SMILES string of the molecule is CCCNc1nc(OC(C(F)(F)F)C(F)(F)F)nc(N2CC[NH2+]CC2)n1. The zero-order valence-corrected chi connectivity index (χ0v) is 13.9. The van der Waals surface area contributed by atoms with Gasteiger partial charge in [-0.2, -0.15) is 41.3 Å². The molecule has 0 bridgehead atoms. The van der Waals surface area contributed by atoms with Gasteiger partial charge in [0.15, 0.2) is 0 Å². The summed E-state index contributed by atoms with van der Waals surface area (Å²) in [4.78, 5) is 12.9. The number of hydrogen-bond acceptors (Lipinski definition) is 6. The van der Waals surface area contributed by atoms with Crippen molar-refractivity contribution in [3.8, 4) is 6.01 Å². The van der Waals surface area contributed by atoms with Crippen LogP contribution in [0.4, 0.5) is 38.2 Å². The lowest BCUT2D eigenvalue weighted by Crippen LogP contribution is -2.89. The van der Waals surface area contributed by atoms with E-state index in [2.05, 4.69) is 25.0 Å². The molecule has 1 fully saturated rings. The topological polar surface area (TPSA) is 79.8 Å². The molecule has 2 rings (SSSR count). The molecule has 1 aromatic heterocycles. The fraction of sp³-hybridized carbons (Fsp3) is 0.769. The van der Waals surface area contributed by atoms with Crippen LogP contribution in [0.5, 0.6) is 6.01 Å². The first kappa shape index (κ1) is 20.3. The Morgan fingerprint density at radius 3 is 2.23 bits per heavy atom. The number of piperazine rings is 1. The van der Waals surface area contributed by atoms with Gasteiger partial charge in [-0.25, -0.2) is 0 Å². The van der Waals surface area contributed by atoms with Crippen molar-refractivity contribution < 1.29 is 36.4 Å². The Balaban J connectivity index is 2.32. The van der Waals surface area contributed by atoms with Crippen molar-refractivity contribution in [1.82, 2.24) is 15.0 Å². The van der Waals surface area contributed by atoms with Crippen LogP contribution >= 0.6 is 0 Å². The fourth-order valence-corrected chi connectivity index (χ4v) is 2.23. The predicted octanol–water partition coefficient (Wildman–Crippen LogP) is 0.949. The molecule has 0 unspecified atom stereocenters. The van der Waals surface area contributed by atoms with Crippen LogP contribution < -0.4 is 20.3 Å². The van der Waals surface area contributed by atoms with Gasteiger partial charge in [-0.3, -0.25) is 0 Å². The van der Waals surface area contributed by atoms with E-state index in [1.165, 1.54) is 0 Å². The maximum absolute atomic E-state index is 12.7. The van der Waals surface area contributed by atoms with Crippen LogP contribution in [0.1, 0.15) is 13.3 Å². The number of nitrogens with one attached hydrogen (secondary N) is 1. The molecule has 0 saturated carbocycles. The Morgan fingerprint density at radius 2 is 1.69 bits per heavy atom. The Morgan fingerprint density at radius 1 is 1.08 bits per heavy atom. The van der Waals surface area contributed by atoms with Crippen LogP contribution in [0.2, 0.25) is 0 Å². The summed E-state index contributed by atoms with van der Waals surface area (Å²) in [5, 5.41) is 4.75. The van der Waals surface area contributed by atoms with Gasteiger partial charge in [-0.15, -0.1) is 0 Å². The molecule has 1 aromatic rings. The Bertz CT molecular complexity index is 575. The van der Waals surface area contributed by atoms with Crippen molar-refractivity contribution in [3.05, 3.63) is 0 Å². The average molecular weight is 389 g/mol. The van der Waals surface area contributed by atoms with Crippen LogP contribution in [0.25, 0.3) is 0 Å². The second-order valence-electron chi connectivity index (χ2n) is 5.60. The minimum absolute atomic E-state index is 0.0233. The molecule has 0 aliphatic carbocycles. The molecule has 1 aliphatic heterocycles. The van der Waals surface area contributed by atoms with Crippen molar-refractivity contribution in [2.45, 2.75) is 31.8 Å². The third-order valence-corrected chi connectivity index (χ3v) is 3.44. The first-order valence-corrected chi connectivity index (χ1v) is 7.98. The van der Waals surface area contributed by atoms with Gasteiger partial charge in [0.2, 0.25) is 11.9 Å². The van der Waals surface area contributed by atoms with Crippen LogP contribution in [0.3, 0.4) is 0 Å². The van der Waals surface area contributed by atoms with Gasteiger partial charge in [0.25, 0.3) is 6.10 Å². The lowest BCUT2D eigenvalue weighted by molar-refractivity contribution is -0.655. The van der Waals surface area contributed by atoms with Crippen molar-refractivity contribution >= 4 is 11.9 Å². The van der Waals surface area contributed by atoms with Crippen LogP contribution in [0, 0.1) is 0 Å². The zero-order chi connectivity index (χ0) is 19.4. The van der Waals surface area contributed by atoms with E-state index in [9.17, 15) is 26.3 Å². The van der Waals surface area contributed by atoms with Gasteiger partial charge < -0.3 is 20.3 Å². The summed E-state index contributed by atoms with van der Waals surface area (Å²) in [5.41, 5.74) is 0. The molecular weight excluding hydrogens is 370 g/mol. The fourth-order valence-electron chi connectivity index (χ4n) is 2.23. The highest BCUT2D eigenvalue weighted by atomic mass is 19.4. The summed E-state index contributed by atoms with van der Waals surface area (Å²) in [6.07, 6.45) is -14.7. The number of halogens is 6. The third-order valence-electron chi connectivity index (χ3n) is 3.44. The quantitative estimate of drug-likeness (QED) is 0.706. The van der Waals surface area contributed by atoms with E-state index in [0.29, 0.717) is 39.1 Å². The van der Waals surface area contributed by atoms with Crippen LogP contribution in [-0.2, 0) is 0 Å². The molecular formula is C13H19F6N6O+. The van der Waals surface area contributed by atoms with Gasteiger partial charge in [-0.1, -0.05) is 6.92 Å². The number of nitrogens with two attached hydrogens (primary N) is 1. The Kier molecular flexibility index (Phi) is 6.31. The minimum atomic E-state index is -5.65. The van der Waals surface area contributed by atoms with Crippen molar-refractivity contribution in [2.24, 2.45) is 0 Å². The van der Waals surface area contributed by atoms with E-state index in [1.807, 2.05) is 12.2 Å². The van der Waals surface area contributed by atoms with Crippen LogP contribution in [-0.4, -0.2) is 66.1 Å². The normalized spacial score (nSPS) is 16.1. The zero-order valence-electron chi connectivity index (χ0n) is 13.9. The second-order valence-corrected chi connectivity index (χ2v) is 5.60. The molecule has 26 heavy (non-hydrogen) atoms. The number of aromatic nitrogens is 3. The number of alkyl halides is 6. The van der Waals surface area contributed by atoms with E-state index in [1.54, 1.807) is 4.90 Å². The minimum Gasteiger partial charge on any atom is -0.440 e. The third kappa shape index (κ3) is 5.47. The summed E-state index contributed by atoms with van der Waals surface area (Å²) < 4.78 is 80.4. The van der Waals surface area contributed by atoms with Gasteiger partial charge in [0.1, 0.15) is 0 Å². The molecule has 13 heteroatoms. The predicted molar refractivity (Wildman–Crippen MR) is 79.0 cm³/mol. The molecule has 0 spiro atoms. The summed E-state index contributed by atoms with van der Waals surface area (Å²) in [6, 6.07) is -1.03. The number of anilines is 2. The van der Waals surface area contributed by atoms with Crippen molar-refractivity contribution in [3.63, 3.8) is 0 Å². The van der Waals surface area contributed by atoms with Crippen LogP contribution in [0.15, 0.2) is 0 Å². The monoisotopic (exact) mass is 389 g/mol. The molecule has 148 valence electrons. The van der Waals surface area contributed by atoms with E-state index >= 15 is 0 Å². The molecule has 0 amide bonds. The van der Waals surface area contributed by atoms with Gasteiger partial charge in [0.05, 0.1) is 26.2 Å². The molecule has 7 nitrogen and oxygen atoms in total. The highest BCUT2D eigenvalue weighted by molar-refractivity contribution is 5.38. The molecule has 1 saturated heterocycles. The van der Waals surface area contributed by atoms with Crippen molar-refractivity contribution in [2.75, 3.05) is 42.9 Å². The molecule has 0 radical (unpaired) electrons. The van der Waals surface area contributed by atoms with Gasteiger partial charge in [-0.05, 0) is 6.42 Å². The number of hydrogen-bond donors (Lipinski definition) is 2. The van der Waals surface area contributed by atoms with E-state index in [4.69, 9.17) is 0 Å². The molecule has 1 aliphatic rings. The average Bonchev–Trinajstić information content (AvgIpc) is 2.56. The molecule has 0 atom stereocenters. The van der Waals surface area contributed by atoms with Gasteiger partial charge >= 0.3 is 18.4 Å². The Labute approximate surface area is 145 Å². The van der Waals surface area contributed by atoms with E-state index in [0.717, 1.165) is 0 Å². The highest BCUT2D eigenvalue weighted by Gasteiger charge is 2.59. The first-order valence-electron chi connectivity index (χ1n) is 7.98. The molecule has 0 aromatic carbocycles. The maximum atomic E-state index is 12.7. The van der Waals surface area contributed by atoms with Gasteiger partial charge in [0, 0.05) is 6.54 Å². The number of ether oxygens (including phenoxy) is 1. The van der Waals surface area contributed by atoms with E-state index < -0.39 is 24.5 Å². The summed E-state index contributed by atoms with van der Waals surface area (Å²) in [5.74, 6) is -0.158. The summed E-state index contributed by atoms with van der Waals surface area (Å²) in [6.45, 7) is 4.62. The van der Waals surface area contributed by atoms with Crippen molar-refractivity contribution in [1.29, 1.82) is 0 Å². The lowest BCUT2D eigenvalue weighted by atomic mass is 10.3. The second kappa shape index (κ2) is 8.10. The first-order chi connectivity index (χ1) is 12.1. The lowest BCUT2D eigenvalue weighted by Gasteiger charge is -2.26. The number of rotatable bonds is 6. The van der Waals surface area contributed by atoms with E-state index in [-0.39, 0.29) is 11.9 Å². The molecule has 3 N–H and O–H groups in total. The number of quaternary nitrogens is 1. The summed E-state index contributed by atoms with van der Waals surface area (Å²) >= 11 is 0. The maximum Gasteiger partial charge on any atom is 0.434 e. The number of nitrogens with zero attached hydrogens (tertiary/aromatic N) is 4. The summed E-state index contributed by atoms with van der Waals surface area (Å²) in [7, 11) is 0.